The Bertz CT molecular complexity index is 1670. The molecule has 2 aliphatic rings. The van der Waals surface area contributed by atoms with E-state index >= 15 is 0 Å². The van der Waals surface area contributed by atoms with E-state index in [0.29, 0.717) is 17.0 Å². The number of aromatic nitrogens is 3. The summed E-state index contributed by atoms with van der Waals surface area (Å²) in [6.07, 6.45) is 5.34. The van der Waals surface area contributed by atoms with Gasteiger partial charge in [0, 0.05) is 49.4 Å². The molecule has 4 aromatic rings. The number of hydrogen-bond donors (Lipinski definition) is 2. The third-order valence-electron chi connectivity index (χ3n) is 7.54. The van der Waals surface area contributed by atoms with Crippen LogP contribution in [0.5, 0.6) is 5.88 Å². The summed E-state index contributed by atoms with van der Waals surface area (Å²) in [6.45, 7) is 3.96. The predicted molar refractivity (Wildman–Crippen MR) is 143 cm³/mol. The number of methoxy groups -OCH3 is 1. The van der Waals surface area contributed by atoms with Crippen molar-refractivity contribution in [3.8, 4) is 17.0 Å². The quantitative estimate of drug-likeness (QED) is 0.370. The van der Waals surface area contributed by atoms with E-state index in [4.69, 9.17) is 4.74 Å². The molecule has 6 rings (SSSR count). The van der Waals surface area contributed by atoms with Crippen LogP contribution in [0.4, 0.5) is 20.3 Å². The Morgan fingerprint density at radius 1 is 1.00 bits per heavy atom. The minimum Gasteiger partial charge on any atom is -0.480 e. The van der Waals surface area contributed by atoms with Crippen LogP contribution in [0.3, 0.4) is 0 Å². The Hall–Kier alpha value is -3.90. The topological polar surface area (TPSA) is 109 Å². The van der Waals surface area contributed by atoms with E-state index in [-0.39, 0.29) is 11.6 Å². The molecule has 12 heteroatoms. The molecule has 0 aliphatic carbocycles. The van der Waals surface area contributed by atoms with Crippen LogP contribution < -0.4 is 19.7 Å². The molecule has 4 heterocycles. The van der Waals surface area contributed by atoms with Crippen LogP contribution in [0, 0.1) is 17.0 Å². The summed E-state index contributed by atoms with van der Waals surface area (Å²) >= 11 is 0. The fraction of sp³-hybridized carbons (Fsp3) is 0.296. The molecule has 1 spiro atoms. The summed E-state index contributed by atoms with van der Waals surface area (Å²) in [5.41, 5.74) is 2.57. The normalized spacial score (nSPS) is 16.7. The van der Waals surface area contributed by atoms with E-state index < -0.39 is 26.6 Å². The number of rotatable bonds is 6. The highest BCUT2D eigenvalue weighted by Crippen LogP contribution is 2.38. The zero-order chi connectivity index (χ0) is 27.2. The van der Waals surface area contributed by atoms with Crippen molar-refractivity contribution in [2.75, 3.05) is 42.9 Å². The van der Waals surface area contributed by atoms with Crippen molar-refractivity contribution < 1.29 is 21.9 Å². The van der Waals surface area contributed by atoms with Gasteiger partial charge in [-0.1, -0.05) is 6.07 Å². The van der Waals surface area contributed by atoms with Crippen molar-refractivity contribution in [2.45, 2.75) is 17.7 Å². The molecular weight excluding hydrogens is 526 g/mol. The lowest BCUT2D eigenvalue weighted by atomic mass is 9.73. The second-order valence-electron chi connectivity index (χ2n) is 9.98. The maximum absolute atomic E-state index is 14.3. The number of hydrogen-bond acceptors (Lipinski definition) is 8. The first-order valence-electron chi connectivity index (χ1n) is 12.5. The van der Waals surface area contributed by atoms with Gasteiger partial charge in [0.25, 0.3) is 10.0 Å². The number of halogens is 2. The number of sulfonamides is 1. The van der Waals surface area contributed by atoms with Gasteiger partial charge in [-0.2, -0.15) is 0 Å². The third-order valence-corrected chi connectivity index (χ3v) is 8.94. The molecular formula is C27H26F2N6O3S. The van der Waals surface area contributed by atoms with Crippen molar-refractivity contribution >= 4 is 32.4 Å². The molecule has 2 saturated heterocycles. The van der Waals surface area contributed by atoms with Crippen molar-refractivity contribution in [1.29, 1.82) is 0 Å². The number of anilines is 2. The van der Waals surface area contributed by atoms with Gasteiger partial charge in [-0.15, -0.1) is 0 Å². The minimum absolute atomic E-state index is 0.00221. The Kier molecular flexibility index (Phi) is 6.31. The molecule has 9 nitrogen and oxygen atoms in total. The smallest absolute Gasteiger partial charge is 0.264 e. The van der Waals surface area contributed by atoms with Gasteiger partial charge < -0.3 is 15.0 Å². The van der Waals surface area contributed by atoms with E-state index in [9.17, 15) is 17.2 Å². The lowest BCUT2D eigenvalue weighted by Gasteiger charge is -2.48. The zero-order valence-corrected chi connectivity index (χ0v) is 21.9. The van der Waals surface area contributed by atoms with Gasteiger partial charge in [0.15, 0.2) is 0 Å². The molecule has 202 valence electrons. The number of pyridine rings is 1. The van der Waals surface area contributed by atoms with E-state index in [1.807, 2.05) is 18.2 Å². The lowest BCUT2D eigenvalue weighted by molar-refractivity contribution is 0.126. The first kappa shape index (κ1) is 25.4. The molecule has 2 fully saturated rings. The van der Waals surface area contributed by atoms with Gasteiger partial charge in [-0.05, 0) is 54.2 Å². The van der Waals surface area contributed by atoms with E-state index in [0.717, 1.165) is 73.4 Å². The number of nitrogens with one attached hydrogen (secondary N) is 2. The highest BCUT2D eigenvalue weighted by atomic mass is 32.2. The molecule has 0 amide bonds. The largest absolute Gasteiger partial charge is 0.480 e. The Labute approximate surface area is 224 Å². The monoisotopic (exact) mass is 552 g/mol. The first-order valence-corrected chi connectivity index (χ1v) is 14.0. The maximum atomic E-state index is 14.3. The van der Waals surface area contributed by atoms with Gasteiger partial charge in [-0.25, -0.2) is 32.2 Å². The van der Waals surface area contributed by atoms with Crippen molar-refractivity contribution in [3.05, 3.63) is 66.6 Å². The van der Waals surface area contributed by atoms with Gasteiger partial charge in [0.1, 0.15) is 34.4 Å². The molecule has 0 bridgehead atoms. The molecule has 0 saturated carbocycles. The first-order chi connectivity index (χ1) is 18.8. The fourth-order valence-corrected chi connectivity index (χ4v) is 6.35. The van der Waals surface area contributed by atoms with Gasteiger partial charge in [0.2, 0.25) is 5.88 Å². The highest BCUT2D eigenvalue weighted by Gasteiger charge is 2.40. The third kappa shape index (κ3) is 4.74. The van der Waals surface area contributed by atoms with Gasteiger partial charge in [-0.3, -0.25) is 4.72 Å². The molecule has 2 N–H and O–H groups in total. The van der Waals surface area contributed by atoms with Crippen molar-refractivity contribution in [1.82, 2.24) is 20.3 Å². The molecule has 2 aromatic carbocycles. The fourth-order valence-electron chi connectivity index (χ4n) is 5.24. The summed E-state index contributed by atoms with van der Waals surface area (Å²) in [7, 11) is -3.05. The van der Waals surface area contributed by atoms with E-state index in [2.05, 4.69) is 29.9 Å². The Morgan fingerprint density at radius 2 is 1.79 bits per heavy atom. The molecule has 2 aliphatic heterocycles. The predicted octanol–water partition coefficient (Wildman–Crippen LogP) is 3.97. The van der Waals surface area contributed by atoms with Crippen LogP contribution in [-0.4, -0.2) is 56.7 Å². The van der Waals surface area contributed by atoms with Gasteiger partial charge >= 0.3 is 0 Å². The SMILES string of the molecule is COc1ncc(-c2ccc3ncnc(N4CCC5(CC4)CNC5)c3c2)cc1NS(=O)(=O)c1ccc(F)cc1F. The average molecular weight is 553 g/mol. The molecule has 2 aromatic heterocycles. The molecule has 0 radical (unpaired) electrons. The van der Waals surface area contributed by atoms with Crippen molar-refractivity contribution in [3.63, 3.8) is 0 Å². The lowest BCUT2D eigenvalue weighted by Crippen LogP contribution is -2.58. The van der Waals surface area contributed by atoms with Crippen LogP contribution in [-0.2, 0) is 10.0 Å². The maximum Gasteiger partial charge on any atom is 0.264 e. The van der Waals surface area contributed by atoms with Crippen molar-refractivity contribution in [2.24, 2.45) is 5.41 Å². The molecule has 0 unspecified atom stereocenters. The zero-order valence-electron chi connectivity index (χ0n) is 21.1. The minimum atomic E-state index is -4.40. The molecule has 0 atom stereocenters. The second-order valence-corrected chi connectivity index (χ2v) is 11.6. The van der Waals surface area contributed by atoms with Crippen LogP contribution in [0.15, 0.2) is 59.9 Å². The number of fused-ring (bicyclic) bond motifs is 1. The standard InChI is InChI=1S/C27H26F2N6O3S/c1-38-26-23(34-39(36,37)24-5-3-19(28)12-21(24)29)11-18(13-31-26)17-2-4-22-20(10-17)25(33-16-32-22)35-8-6-27(7-9-35)14-30-15-27/h2-5,10-13,16,30,34H,6-9,14-15H2,1H3. The summed E-state index contributed by atoms with van der Waals surface area (Å²) in [4.78, 5) is 14.9. The van der Waals surface area contributed by atoms with Gasteiger partial charge in [0.05, 0.1) is 12.6 Å². The Balaban J connectivity index is 1.34. The number of piperidine rings is 1. The van der Waals surface area contributed by atoms with E-state index in [1.165, 1.54) is 7.11 Å². The molecule has 39 heavy (non-hydrogen) atoms. The Morgan fingerprint density at radius 3 is 2.49 bits per heavy atom. The summed E-state index contributed by atoms with van der Waals surface area (Å²) in [5, 5.41) is 4.27. The van der Waals surface area contributed by atoms with E-state index in [1.54, 1.807) is 18.6 Å². The number of ether oxygens (including phenoxy) is 1. The second kappa shape index (κ2) is 9.69. The average Bonchev–Trinajstić information content (AvgIpc) is 2.91. The summed E-state index contributed by atoms with van der Waals surface area (Å²) in [6, 6.07) is 9.53. The highest BCUT2D eigenvalue weighted by molar-refractivity contribution is 7.92. The summed E-state index contributed by atoms with van der Waals surface area (Å²) in [5.74, 6) is -1.22. The number of benzene rings is 2. The van der Waals surface area contributed by atoms with Crippen LogP contribution in [0.1, 0.15) is 12.8 Å². The van der Waals surface area contributed by atoms with Crippen LogP contribution in [0.2, 0.25) is 0 Å². The van der Waals surface area contributed by atoms with Crippen LogP contribution in [0.25, 0.3) is 22.0 Å². The number of nitrogens with zero attached hydrogens (tertiary/aromatic N) is 4. The summed E-state index contributed by atoms with van der Waals surface area (Å²) < 4.78 is 61.0. The van der Waals surface area contributed by atoms with Crippen LogP contribution >= 0.6 is 0 Å².